The topological polar surface area (TPSA) is 79.5 Å². The van der Waals surface area contributed by atoms with E-state index in [0.717, 1.165) is 6.07 Å². The molecule has 5 nitrogen and oxygen atoms in total. The van der Waals surface area contributed by atoms with Gasteiger partial charge >= 0.3 is 5.97 Å². The molecule has 0 aliphatic rings. The first-order valence-corrected chi connectivity index (χ1v) is 6.90. The maximum Gasteiger partial charge on any atom is 0.311 e. The molecule has 2 rings (SSSR count). The van der Waals surface area contributed by atoms with Crippen LogP contribution in [0.25, 0.3) is 0 Å². The fourth-order valence-corrected chi connectivity index (χ4v) is 2.21. The molecule has 1 aromatic heterocycles. The van der Waals surface area contributed by atoms with Gasteiger partial charge in [-0.1, -0.05) is 12.1 Å². The fraction of sp³-hybridized carbons (Fsp3) is 0.250. The molecule has 0 bridgehead atoms. The SMILES string of the molecule is Cc1coc(CC(=O)O)c1C(=O)NCCc1cccc(F)c1F. The Bertz CT molecular complexity index is 740. The number of hydrogen-bond donors (Lipinski definition) is 2. The molecular weight excluding hydrogens is 308 g/mol. The summed E-state index contributed by atoms with van der Waals surface area (Å²) in [7, 11) is 0. The van der Waals surface area contributed by atoms with E-state index in [9.17, 15) is 18.4 Å². The first-order chi connectivity index (χ1) is 10.9. The molecule has 122 valence electrons. The number of carbonyl (C=O) groups is 2. The number of furan rings is 1. The van der Waals surface area contributed by atoms with E-state index >= 15 is 0 Å². The fourth-order valence-electron chi connectivity index (χ4n) is 2.21. The van der Waals surface area contributed by atoms with Crippen LogP contribution in [0.5, 0.6) is 0 Å². The molecule has 0 fully saturated rings. The average molecular weight is 323 g/mol. The van der Waals surface area contributed by atoms with Crippen molar-refractivity contribution in [2.75, 3.05) is 6.54 Å². The van der Waals surface area contributed by atoms with Crippen molar-refractivity contribution in [3.05, 3.63) is 58.5 Å². The van der Waals surface area contributed by atoms with Crippen molar-refractivity contribution in [2.24, 2.45) is 0 Å². The summed E-state index contributed by atoms with van der Waals surface area (Å²) in [5.41, 5.74) is 0.822. The summed E-state index contributed by atoms with van der Waals surface area (Å²) in [5, 5.41) is 11.3. The van der Waals surface area contributed by atoms with E-state index in [2.05, 4.69) is 5.32 Å². The molecule has 0 aliphatic carbocycles. The van der Waals surface area contributed by atoms with Gasteiger partial charge in [-0.15, -0.1) is 0 Å². The van der Waals surface area contributed by atoms with Crippen molar-refractivity contribution in [2.45, 2.75) is 19.8 Å². The third-order valence-electron chi connectivity index (χ3n) is 3.30. The minimum absolute atomic E-state index is 0.0597. The number of benzene rings is 1. The molecule has 1 amide bonds. The van der Waals surface area contributed by atoms with Crippen LogP contribution < -0.4 is 5.32 Å². The Balaban J connectivity index is 2.01. The third-order valence-corrected chi connectivity index (χ3v) is 3.30. The van der Waals surface area contributed by atoms with Crippen LogP contribution in [0.15, 0.2) is 28.9 Å². The van der Waals surface area contributed by atoms with Crippen molar-refractivity contribution in [3.8, 4) is 0 Å². The Kier molecular flexibility index (Phi) is 5.10. The number of aliphatic carboxylic acids is 1. The van der Waals surface area contributed by atoms with E-state index < -0.39 is 29.9 Å². The van der Waals surface area contributed by atoms with Crippen LogP contribution in [0.2, 0.25) is 0 Å². The quantitative estimate of drug-likeness (QED) is 0.856. The van der Waals surface area contributed by atoms with Gasteiger partial charge in [0, 0.05) is 12.1 Å². The van der Waals surface area contributed by atoms with Gasteiger partial charge in [0.1, 0.15) is 12.2 Å². The highest BCUT2D eigenvalue weighted by Crippen LogP contribution is 2.17. The second-order valence-electron chi connectivity index (χ2n) is 5.01. The van der Waals surface area contributed by atoms with Gasteiger partial charge in [0.2, 0.25) is 0 Å². The number of nitrogens with one attached hydrogen (secondary N) is 1. The summed E-state index contributed by atoms with van der Waals surface area (Å²) in [6.45, 7) is 1.70. The lowest BCUT2D eigenvalue weighted by Gasteiger charge is -2.07. The number of carboxylic acids is 1. The summed E-state index contributed by atoms with van der Waals surface area (Å²) < 4.78 is 31.7. The van der Waals surface area contributed by atoms with E-state index in [1.807, 2.05) is 0 Å². The van der Waals surface area contributed by atoms with Gasteiger partial charge < -0.3 is 14.8 Å². The van der Waals surface area contributed by atoms with E-state index in [-0.39, 0.29) is 29.9 Å². The van der Waals surface area contributed by atoms with Crippen LogP contribution in [-0.4, -0.2) is 23.5 Å². The van der Waals surface area contributed by atoms with Crippen LogP contribution in [0.4, 0.5) is 8.78 Å². The van der Waals surface area contributed by atoms with Crippen molar-refractivity contribution in [3.63, 3.8) is 0 Å². The van der Waals surface area contributed by atoms with Gasteiger partial charge in [-0.3, -0.25) is 9.59 Å². The molecular formula is C16H15F2NO4. The van der Waals surface area contributed by atoms with Gasteiger partial charge in [0.15, 0.2) is 11.6 Å². The van der Waals surface area contributed by atoms with Crippen LogP contribution in [0.3, 0.4) is 0 Å². The predicted octanol–water partition coefficient (Wildman–Crippen LogP) is 2.47. The zero-order valence-corrected chi connectivity index (χ0v) is 12.4. The van der Waals surface area contributed by atoms with Gasteiger partial charge in [0.05, 0.1) is 11.8 Å². The molecule has 7 heteroatoms. The van der Waals surface area contributed by atoms with Gasteiger partial charge in [-0.2, -0.15) is 0 Å². The molecule has 0 spiro atoms. The lowest BCUT2D eigenvalue weighted by molar-refractivity contribution is -0.136. The van der Waals surface area contributed by atoms with E-state index in [1.165, 1.54) is 18.4 Å². The average Bonchev–Trinajstić information content (AvgIpc) is 2.83. The Morgan fingerprint density at radius 3 is 2.74 bits per heavy atom. The van der Waals surface area contributed by atoms with Crippen molar-refractivity contribution >= 4 is 11.9 Å². The smallest absolute Gasteiger partial charge is 0.311 e. The highest BCUT2D eigenvalue weighted by atomic mass is 19.2. The molecule has 23 heavy (non-hydrogen) atoms. The Labute approximate surface area is 130 Å². The summed E-state index contributed by atoms with van der Waals surface area (Å²) in [6.07, 6.45) is 1.01. The Morgan fingerprint density at radius 1 is 1.30 bits per heavy atom. The van der Waals surface area contributed by atoms with Crippen LogP contribution >= 0.6 is 0 Å². The standard InChI is InChI=1S/C16H15F2NO4/c1-9-8-23-12(7-13(20)21)14(9)16(22)19-6-5-10-3-2-4-11(17)15(10)18/h2-4,8H,5-7H2,1H3,(H,19,22)(H,20,21). The summed E-state index contributed by atoms with van der Waals surface area (Å²) >= 11 is 0. The van der Waals surface area contributed by atoms with Crippen molar-refractivity contribution in [1.29, 1.82) is 0 Å². The van der Waals surface area contributed by atoms with E-state index in [0.29, 0.717) is 5.56 Å². The highest BCUT2D eigenvalue weighted by Gasteiger charge is 2.20. The summed E-state index contributed by atoms with van der Waals surface area (Å²) in [6, 6.07) is 3.84. The number of hydrogen-bond acceptors (Lipinski definition) is 3. The molecule has 0 atom stereocenters. The lowest BCUT2D eigenvalue weighted by Crippen LogP contribution is -2.27. The Hall–Kier alpha value is -2.70. The van der Waals surface area contributed by atoms with Crippen molar-refractivity contribution < 1.29 is 27.9 Å². The lowest BCUT2D eigenvalue weighted by atomic mass is 10.1. The molecule has 0 saturated heterocycles. The number of carbonyl (C=O) groups excluding carboxylic acids is 1. The summed E-state index contributed by atoms with van der Waals surface area (Å²) in [4.78, 5) is 22.9. The first-order valence-electron chi connectivity index (χ1n) is 6.90. The van der Waals surface area contributed by atoms with Crippen molar-refractivity contribution in [1.82, 2.24) is 5.32 Å². The second kappa shape index (κ2) is 7.04. The minimum Gasteiger partial charge on any atom is -0.481 e. The van der Waals surface area contributed by atoms with Crippen LogP contribution in [-0.2, 0) is 17.6 Å². The zero-order chi connectivity index (χ0) is 17.0. The normalized spacial score (nSPS) is 10.6. The molecule has 1 aromatic carbocycles. The predicted molar refractivity (Wildman–Crippen MR) is 77.2 cm³/mol. The molecule has 1 heterocycles. The second-order valence-corrected chi connectivity index (χ2v) is 5.01. The largest absolute Gasteiger partial charge is 0.481 e. The van der Waals surface area contributed by atoms with Gasteiger partial charge in [0.25, 0.3) is 5.91 Å². The molecule has 0 unspecified atom stereocenters. The maximum absolute atomic E-state index is 13.5. The number of aryl methyl sites for hydroxylation is 1. The number of rotatable bonds is 6. The maximum atomic E-state index is 13.5. The van der Waals surface area contributed by atoms with Crippen LogP contribution in [0, 0.1) is 18.6 Å². The van der Waals surface area contributed by atoms with E-state index in [4.69, 9.17) is 9.52 Å². The number of amides is 1. The molecule has 0 saturated carbocycles. The number of carboxylic acid groups (broad SMARTS) is 1. The third kappa shape index (κ3) is 3.94. The number of halogens is 2. The molecule has 2 N–H and O–H groups in total. The summed E-state index contributed by atoms with van der Waals surface area (Å²) in [5.74, 6) is -3.44. The molecule has 2 aromatic rings. The van der Waals surface area contributed by atoms with Crippen LogP contribution in [0.1, 0.15) is 27.2 Å². The zero-order valence-electron chi connectivity index (χ0n) is 12.4. The minimum atomic E-state index is -1.12. The highest BCUT2D eigenvalue weighted by molar-refractivity contribution is 5.97. The van der Waals surface area contributed by atoms with Gasteiger partial charge in [-0.05, 0) is 25.0 Å². The van der Waals surface area contributed by atoms with Gasteiger partial charge in [-0.25, -0.2) is 8.78 Å². The molecule has 0 aliphatic heterocycles. The molecule has 0 radical (unpaired) electrons. The Morgan fingerprint density at radius 2 is 2.04 bits per heavy atom. The van der Waals surface area contributed by atoms with E-state index in [1.54, 1.807) is 6.92 Å². The monoisotopic (exact) mass is 323 g/mol. The first kappa shape index (κ1) is 16.7.